The second-order valence-corrected chi connectivity index (χ2v) is 6.23. The number of amides is 1. The molecule has 118 valence electrons. The van der Waals surface area contributed by atoms with Gasteiger partial charge in [0.1, 0.15) is 5.60 Å². The van der Waals surface area contributed by atoms with Gasteiger partial charge in [0, 0.05) is 19.1 Å². The van der Waals surface area contributed by atoms with Crippen molar-refractivity contribution >= 4 is 6.09 Å². The van der Waals surface area contributed by atoms with Crippen molar-refractivity contribution in [3.63, 3.8) is 0 Å². The van der Waals surface area contributed by atoms with Crippen molar-refractivity contribution in [1.29, 1.82) is 0 Å². The molecule has 1 rings (SSSR count). The van der Waals surface area contributed by atoms with Crippen molar-refractivity contribution in [2.24, 2.45) is 0 Å². The largest absolute Gasteiger partial charge is 0.444 e. The fraction of sp³-hybridized carbons (Fsp3) is 0.588. The Hall–Kier alpha value is -1.55. The van der Waals surface area contributed by atoms with Crippen LogP contribution in [0.25, 0.3) is 0 Å². The maximum absolute atomic E-state index is 11.7. The van der Waals surface area contributed by atoms with Crippen LogP contribution in [-0.2, 0) is 11.3 Å². The highest BCUT2D eigenvalue weighted by atomic mass is 16.6. The van der Waals surface area contributed by atoms with Crippen LogP contribution in [0.3, 0.4) is 0 Å². The van der Waals surface area contributed by atoms with Crippen molar-refractivity contribution in [1.82, 2.24) is 10.6 Å². The molecule has 0 spiro atoms. The first-order valence-corrected chi connectivity index (χ1v) is 7.65. The number of carbonyl (C=O) groups excluding carboxylic acids is 1. The Labute approximate surface area is 128 Å². The van der Waals surface area contributed by atoms with Gasteiger partial charge < -0.3 is 15.4 Å². The van der Waals surface area contributed by atoms with Crippen LogP contribution in [0.2, 0.25) is 0 Å². The minimum Gasteiger partial charge on any atom is -0.444 e. The average molecular weight is 292 g/mol. The monoisotopic (exact) mass is 292 g/mol. The number of rotatable bonds is 7. The first-order valence-electron chi connectivity index (χ1n) is 7.65. The predicted octanol–water partition coefficient (Wildman–Crippen LogP) is 3.47. The van der Waals surface area contributed by atoms with E-state index in [2.05, 4.69) is 29.7 Å². The molecule has 1 unspecified atom stereocenters. The van der Waals surface area contributed by atoms with E-state index in [9.17, 15) is 4.79 Å². The van der Waals surface area contributed by atoms with E-state index < -0.39 is 5.60 Å². The Morgan fingerprint density at radius 2 is 1.90 bits per heavy atom. The molecular formula is C17H28N2O2. The van der Waals surface area contributed by atoms with Crippen molar-refractivity contribution in [3.8, 4) is 0 Å². The molecule has 0 bridgehead atoms. The number of alkyl carbamates (subject to hydrolysis) is 1. The first kappa shape index (κ1) is 17.5. The van der Waals surface area contributed by atoms with Gasteiger partial charge >= 0.3 is 6.09 Å². The SMILES string of the molecule is CCCC(CNC(=O)OC(C)(C)C)NCc1ccccc1. The highest BCUT2D eigenvalue weighted by molar-refractivity contribution is 5.67. The highest BCUT2D eigenvalue weighted by Crippen LogP contribution is 2.07. The smallest absolute Gasteiger partial charge is 0.407 e. The number of ether oxygens (including phenoxy) is 1. The third kappa shape index (κ3) is 8.35. The number of benzene rings is 1. The summed E-state index contributed by atoms with van der Waals surface area (Å²) < 4.78 is 5.25. The van der Waals surface area contributed by atoms with Gasteiger partial charge in [0.05, 0.1) is 0 Å². The van der Waals surface area contributed by atoms with Gasteiger partial charge in [0.2, 0.25) is 0 Å². The van der Waals surface area contributed by atoms with E-state index in [0.29, 0.717) is 6.54 Å². The summed E-state index contributed by atoms with van der Waals surface area (Å²) in [5.41, 5.74) is 0.790. The molecule has 0 aliphatic carbocycles. The average Bonchev–Trinajstić information content (AvgIpc) is 2.41. The zero-order chi connectivity index (χ0) is 15.7. The standard InChI is InChI=1S/C17H28N2O2/c1-5-9-15(13-19-16(20)21-17(2,3)4)18-12-14-10-7-6-8-11-14/h6-8,10-11,15,18H,5,9,12-13H2,1-4H3,(H,19,20). The maximum atomic E-state index is 11.7. The third-order valence-corrected chi connectivity index (χ3v) is 2.97. The van der Waals surface area contributed by atoms with Crippen LogP contribution in [-0.4, -0.2) is 24.3 Å². The van der Waals surface area contributed by atoms with Gasteiger partial charge in [-0.25, -0.2) is 4.79 Å². The van der Waals surface area contributed by atoms with Crippen LogP contribution in [0.15, 0.2) is 30.3 Å². The number of hydrogen-bond donors (Lipinski definition) is 2. The molecule has 1 aromatic carbocycles. The third-order valence-electron chi connectivity index (χ3n) is 2.97. The Morgan fingerprint density at radius 3 is 2.48 bits per heavy atom. The van der Waals surface area contributed by atoms with Gasteiger partial charge in [-0.1, -0.05) is 43.7 Å². The van der Waals surface area contributed by atoms with E-state index >= 15 is 0 Å². The summed E-state index contributed by atoms with van der Waals surface area (Å²) in [4.78, 5) is 11.7. The van der Waals surface area contributed by atoms with Crippen LogP contribution in [0.1, 0.15) is 46.1 Å². The molecule has 0 heterocycles. The number of hydrogen-bond acceptors (Lipinski definition) is 3. The second kappa shape index (κ2) is 8.67. The number of nitrogens with one attached hydrogen (secondary N) is 2. The molecule has 0 aliphatic rings. The molecule has 4 nitrogen and oxygen atoms in total. The van der Waals surface area contributed by atoms with Gasteiger partial charge in [-0.2, -0.15) is 0 Å². The van der Waals surface area contributed by atoms with Crippen molar-refractivity contribution in [2.75, 3.05) is 6.54 Å². The molecular weight excluding hydrogens is 264 g/mol. The molecule has 1 aromatic rings. The van der Waals surface area contributed by atoms with Crippen LogP contribution < -0.4 is 10.6 Å². The Bertz CT molecular complexity index is 413. The Balaban J connectivity index is 2.37. The molecule has 0 saturated carbocycles. The quantitative estimate of drug-likeness (QED) is 0.809. The molecule has 0 saturated heterocycles. The summed E-state index contributed by atoms with van der Waals surface area (Å²) in [7, 11) is 0. The predicted molar refractivity (Wildman–Crippen MR) is 86.2 cm³/mol. The van der Waals surface area contributed by atoms with Crippen LogP contribution >= 0.6 is 0 Å². The molecule has 21 heavy (non-hydrogen) atoms. The first-order chi connectivity index (χ1) is 9.90. The lowest BCUT2D eigenvalue weighted by molar-refractivity contribution is 0.0521. The molecule has 0 radical (unpaired) electrons. The van der Waals surface area contributed by atoms with Crippen LogP contribution in [0.5, 0.6) is 0 Å². The van der Waals surface area contributed by atoms with Gasteiger partial charge in [-0.3, -0.25) is 0 Å². The molecule has 0 aromatic heterocycles. The lowest BCUT2D eigenvalue weighted by Gasteiger charge is -2.22. The molecule has 0 aliphatic heterocycles. The van der Waals surface area contributed by atoms with Crippen LogP contribution in [0, 0.1) is 0 Å². The van der Waals surface area contributed by atoms with Crippen LogP contribution in [0.4, 0.5) is 4.79 Å². The molecule has 1 amide bonds. The van der Waals surface area contributed by atoms with Gasteiger partial charge in [-0.15, -0.1) is 0 Å². The maximum Gasteiger partial charge on any atom is 0.407 e. The zero-order valence-corrected chi connectivity index (χ0v) is 13.6. The fourth-order valence-electron chi connectivity index (χ4n) is 2.00. The van der Waals surface area contributed by atoms with E-state index in [4.69, 9.17) is 4.74 Å². The summed E-state index contributed by atoms with van der Waals surface area (Å²) in [5.74, 6) is 0. The van der Waals surface area contributed by atoms with Crippen molar-refractivity contribution in [2.45, 2.75) is 58.7 Å². The minimum absolute atomic E-state index is 0.253. The molecule has 4 heteroatoms. The van der Waals surface area contributed by atoms with E-state index in [1.807, 2.05) is 39.0 Å². The summed E-state index contributed by atoms with van der Waals surface area (Å²) >= 11 is 0. The van der Waals surface area contributed by atoms with Gasteiger partial charge in [-0.05, 0) is 32.8 Å². The van der Waals surface area contributed by atoms with Crippen molar-refractivity contribution < 1.29 is 9.53 Å². The Morgan fingerprint density at radius 1 is 1.24 bits per heavy atom. The second-order valence-electron chi connectivity index (χ2n) is 6.23. The van der Waals surface area contributed by atoms with Gasteiger partial charge in [0.15, 0.2) is 0 Å². The molecule has 1 atom stereocenters. The van der Waals surface area contributed by atoms with E-state index in [-0.39, 0.29) is 12.1 Å². The fourth-order valence-corrected chi connectivity index (χ4v) is 2.00. The molecule has 0 fully saturated rings. The minimum atomic E-state index is -0.457. The molecule has 2 N–H and O–H groups in total. The highest BCUT2D eigenvalue weighted by Gasteiger charge is 2.17. The van der Waals surface area contributed by atoms with Crippen molar-refractivity contribution in [3.05, 3.63) is 35.9 Å². The summed E-state index contributed by atoms with van der Waals surface area (Å²) in [6.45, 7) is 9.12. The number of carbonyl (C=O) groups is 1. The summed E-state index contributed by atoms with van der Waals surface area (Å²) in [5, 5.41) is 6.32. The zero-order valence-electron chi connectivity index (χ0n) is 13.6. The normalized spacial score (nSPS) is 12.8. The lowest BCUT2D eigenvalue weighted by atomic mass is 10.1. The van der Waals surface area contributed by atoms with E-state index in [0.717, 1.165) is 19.4 Å². The summed E-state index contributed by atoms with van der Waals surface area (Å²) in [6, 6.07) is 10.5. The topological polar surface area (TPSA) is 50.4 Å². The summed E-state index contributed by atoms with van der Waals surface area (Å²) in [6.07, 6.45) is 1.73. The van der Waals surface area contributed by atoms with E-state index in [1.54, 1.807) is 0 Å². The van der Waals surface area contributed by atoms with E-state index in [1.165, 1.54) is 5.56 Å². The van der Waals surface area contributed by atoms with Gasteiger partial charge in [0.25, 0.3) is 0 Å². The lowest BCUT2D eigenvalue weighted by Crippen LogP contribution is -2.42. The Kier molecular flexibility index (Phi) is 7.23.